The van der Waals surface area contributed by atoms with Crippen LogP contribution in [-0.2, 0) is 10.0 Å². The van der Waals surface area contributed by atoms with Crippen molar-refractivity contribution in [3.8, 4) is 11.5 Å². The van der Waals surface area contributed by atoms with Gasteiger partial charge in [-0.15, -0.1) is 0 Å². The molecule has 23 heavy (non-hydrogen) atoms. The summed E-state index contributed by atoms with van der Waals surface area (Å²) >= 11 is 8.89. The van der Waals surface area contributed by atoms with Gasteiger partial charge in [0.1, 0.15) is 0 Å². The first kappa shape index (κ1) is 17.6. The van der Waals surface area contributed by atoms with Gasteiger partial charge in [0.05, 0.1) is 22.7 Å². The molecule has 0 saturated heterocycles. The maximum atomic E-state index is 12.0. The lowest BCUT2D eigenvalue weighted by Gasteiger charge is -2.06. The first-order valence-corrected chi connectivity index (χ1v) is 8.86. The van der Waals surface area contributed by atoms with Gasteiger partial charge in [-0.05, 0) is 57.9 Å². The maximum Gasteiger partial charge on any atom is 0.276 e. The first-order valence-electron chi connectivity index (χ1n) is 6.20. The molecule has 0 bridgehead atoms. The molecule has 0 unspecified atom stereocenters. The van der Waals surface area contributed by atoms with Crippen molar-refractivity contribution in [2.45, 2.75) is 4.90 Å². The van der Waals surface area contributed by atoms with E-state index in [0.717, 1.165) is 0 Å². The van der Waals surface area contributed by atoms with Crippen molar-refractivity contribution >= 4 is 43.8 Å². The monoisotopic (exact) mass is 418 g/mol. The number of hydrazone groups is 1. The summed E-state index contributed by atoms with van der Waals surface area (Å²) in [5, 5.41) is 13.9. The summed E-state index contributed by atoms with van der Waals surface area (Å²) < 4.78 is 29.5. The predicted molar refractivity (Wildman–Crippen MR) is 91.7 cm³/mol. The summed E-state index contributed by atoms with van der Waals surface area (Å²) in [7, 11) is -2.37. The van der Waals surface area contributed by atoms with E-state index < -0.39 is 10.0 Å². The Hall–Kier alpha value is -1.77. The second kappa shape index (κ2) is 7.20. The lowest BCUT2D eigenvalue weighted by Crippen LogP contribution is -2.18. The second-order valence-electron chi connectivity index (χ2n) is 4.36. The summed E-state index contributed by atoms with van der Waals surface area (Å²) in [6.07, 6.45) is 1.29. The van der Waals surface area contributed by atoms with Crippen LogP contribution >= 0.6 is 27.5 Å². The Morgan fingerprint density at radius 2 is 1.96 bits per heavy atom. The number of nitrogens with one attached hydrogen (secondary N) is 1. The number of ether oxygens (including phenoxy) is 1. The zero-order valence-electron chi connectivity index (χ0n) is 11.8. The highest BCUT2D eigenvalue weighted by molar-refractivity contribution is 9.10. The Morgan fingerprint density at radius 1 is 1.30 bits per heavy atom. The van der Waals surface area contributed by atoms with E-state index in [1.807, 2.05) is 0 Å². The van der Waals surface area contributed by atoms with E-state index in [0.29, 0.717) is 15.1 Å². The number of nitrogens with zero attached hydrogens (tertiary/aromatic N) is 1. The smallest absolute Gasteiger partial charge is 0.276 e. The summed E-state index contributed by atoms with van der Waals surface area (Å²) in [6.45, 7) is 0. The van der Waals surface area contributed by atoms with Crippen molar-refractivity contribution in [1.29, 1.82) is 0 Å². The largest absolute Gasteiger partial charge is 0.503 e. The van der Waals surface area contributed by atoms with Crippen LogP contribution in [-0.4, -0.2) is 26.8 Å². The lowest BCUT2D eigenvalue weighted by molar-refractivity contribution is 0.372. The standard InChI is InChI=1S/C14H12BrClN2O4S/c1-22-13-7-9(6-12(15)14(13)19)8-17-18-23(20,21)11-4-2-10(16)3-5-11/h2-8,18-19H,1H3/b17-8+. The van der Waals surface area contributed by atoms with E-state index in [1.54, 1.807) is 6.07 Å². The molecule has 0 spiro atoms. The van der Waals surface area contributed by atoms with E-state index in [-0.39, 0.29) is 16.4 Å². The predicted octanol–water partition coefficient (Wildman–Crippen LogP) is 3.13. The van der Waals surface area contributed by atoms with Crippen LogP contribution < -0.4 is 9.57 Å². The third-order valence-electron chi connectivity index (χ3n) is 2.78. The van der Waals surface area contributed by atoms with Crippen molar-refractivity contribution in [2.75, 3.05) is 7.11 Å². The van der Waals surface area contributed by atoms with Gasteiger partial charge in [0.25, 0.3) is 10.0 Å². The van der Waals surface area contributed by atoms with Gasteiger partial charge in [0.2, 0.25) is 0 Å². The Kier molecular flexibility index (Phi) is 5.51. The van der Waals surface area contributed by atoms with E-state index in [2.05, 4.69) is 25.9 Å². The number of hydrogen-bond acceptors (Lipinski definition) is 5. The normalized spacial score (nSPS) is 11.6. The Bertz CT molecular complexity index is 839. The average Bonchev–Trinajstić information content (AvgIpc) is 2.51. The third-order valence-corrected chi connectivity index (χ3v) is 4.88. The number of benzene rings is 2. The molecule has 122 valence electrons. The van der Waals surface area contributed by atoms with E-state index in [9.17, 15) is 13.5 Å². The number of phenolic OH excluding ortho intramolecular Hbond substituents is 1. The van der Waals surface area contributed by atoms with Crippen LogP contribution in [0.2, 0.25) is 5.02 Å². The van der Waals surface area contributed by atoms with Crippen molar-refractivity contribution in [2.24, 2.45) is 5.10 Å². The Labute approximate surface area is 146 Å². The summed E-state index contributed by atoms with van der Waals surface area (Å²) in [5.41, 5.74) is 0.533. The van der Waals surface area contributed by atoms with Gasteiger partial charge in [-0.2, -0.15) is 13.5 Å². The van der Waals surface area contributed by atoms with Crippen LogP contribution in [0.3, 0.4) is 0 Å². The van der Waals surface area contributed by atoms with E-state index in [4.69, 9.17) is 16.3 Å². The minimum atomic E-state index is -3.78. The Balaban J connectivity index is 2.18. The number of hydrogen-bond donors (Lipinski definition) is 2. The fraction of sp³-hybridized carbons (Fsp3) is 0.0714. The molecule has 0 fully saturated rings. The SMILES string of the molecule is COc1cc(/C=N/NS(=O)(=O)c2ccc(Cl)cc2)cc(Br)c1O. The minimum Gasteiger partial charge on any atom is -0.503 e. The van der Waals surface area contributed by atoms with Crippen LogP contribution in [0.15, 0.2) is 50.9 Å². The highest BCUT2D eigenvalue weighted by Gasteiger charge is 2.12. The number of aromatic hydroxyl groups is 1. The molecule has 0 aliphatic heterocycles. The summed E-state index contributed by atoms with van der Waals surface area (Å²) in [4.78, 5) is 2.14. The van der Waals surface area contributed by atoms with Crippen molar-refractivity contribution < 1.29 is 18.3 Å². The molecule has 0 aliphatic carbocycles. The molecule has 0 heterocycles. The molecule has 2 aromatic rings. The molecule has 2 rings (SSSR count). The molecule has 0 atom stereocenters. The molecule has 2 N–H and O–H groups in total. The zero-order valence-corrected chi connectivity index (χ0v) is 15.0. The highest BCUT2D eigenvalue weighted by atomic mass is 79.9. The molecule has 0 aliphatic rings. The fourth-order valence-corrected chi connectivity index (χ4v) is 3.04. The van der Waals surface area contributed by atoms with Gasteiger partial charge in [-0.1, -0.05) is 11.6 Å². The minimum absolute atomic E-state index is 0.0449. The van der Waals surface area contributed by atoms with Gasteiger partial charge < -0.3 is 9.84 Å². The number of rotatable bonds is 5. The maximum absolute atomic E-state index is 12.0. The van der Waals surface area contributed by atoms with E-state index >= 15 is 0 Å². The molecule has 0 radical (unpaired) electrons. The molecular formula is C14H12BrClN2O4S. The fourth-order valence-electron chi connectivity index (χ4n) is 1.66. The van der Waals surface area contributed by atoms with E-state index in [1.165, 1.54) is 43.7 Å². The van der Waals surface area contributed by atoms with Gasteiger partial charge in [-0.25, -0.2) is 4.83 Å². The Morgan fingerprint density at radius 3 is 2.57 bits per heavy atom. The molecule has 2 aromatic carbocycles. The highest BCUT2D eigenvalue weighted by Crippen LogP contribution is 2.34. The molecule has 0 saturated carbocycles. The number of halogens is 2. The average molecular weight is 420 g/mol. The molecule has 9 heteroatoms. The molecule has 6 nitrogen and oxygen atoms in total. The van der Waals surface area contributed by atoms with Gasteiger partial charge in [0, 0.05) is 5.02 Å². The van der Waals surface area contributed by atoms with Crippen molar-refractivity contribution in [3.63, 3.8) is 0 Å². The van der Waals surface area contributed by atoms with Gasteiger partial charge in [-0.3, -0.25) is 0 Å². The first-order chi connectivity index (χ1) is 10.8. The van der Waals surface area contributed by atoms with Crippen LogP contribution in [0.5, 0.6) is 11.5 Å². The van der Waals surface area contributed by atoms with Crippen LogP contribution in [0.1, 0.15) is 5.56 Å². The third kappa shape index (κ3) is 4.37. The zero-order chi connectivity index (χ0) is 17.0. The summed E-state index contributed by atoms with van der Waals surface area (Å²) in [6, 6.07) is 8.78. The molecular weight excluding hydrogens is 408 g/mol. The van der Waals surface area contributed by atoms with Crippen LogP contribution in [0.4, 0.5) is 0 Å². The quantitative estimate of drug-likeness (QED) is 0.576. The number of sulfonamides is 1. The van der Waals surface area contributed by atoms with Gasteiger partial charge >= 0.3 is 0 Å². The van der Waals surface area contributed by atoms with Crippen LogP contribution in [0, 0.1) is 0 Å². The molecule has 0 aromatic heterocycles. The topological polar surface area (TPSA) is 88.0 Å². The number of methoxy groups -OCH3 is 1. The lowest BCUT2D eigenvalue weighted by atomic mass is 10.2. The van der Waals surface area contributed by atoms with Gasteiger partial charge in [0.15, 0.2) is 11.5 Å². The molecule has 0 amide bonds. The number of phenols is 1. The van der Waals surface area contributed by atoms with Crippen LogP contribution in [0.25, 0.3) is 0 Å². The second-order valence-corrected chi connectivity index (χ2v) is 7.31. The van der Waals surface area contributed by atoms with Crippen molar-refractivity contribution in [3.05, 3.63) is 51.5 Å². The van der Waals surface area contributed by atoms with Crippen molar-refractivity contribution in [1.82, 2.24) is 4.83 Å². The summed E-state index contributed by atoms with van der Waals surface area (Å²) in [5.74, 6) is 0.188.